The second-order valence-corrected chi connectivity index (χ2v) is 6.19. The highest BCUT2D eigenvalue weighted by Gasteiger charge is 2.14. The summed E-state index contributed by atoms with van der Waals surface area (Å²) in [5, 5.41) is 0. The lowest BCUT2D eigenvalue weighted by molar-refractivity contribution is 0.339. The Hall–Kier alpha value is 0.270. The van der Waals surface area contributed by atoms with Crippen molar-refractivity contribution in [1.82, 2.24) is 5.43 Å². The number of hydrazine groups is 1. The molecular weight excluding hydrogens is 192 g/mol. The van der Waals surface area contributed by atoms with E-state index in [2.05, 4.69) is 33.1 Å². The summed E-state index contributed by atoms with van der Waals surface area (Å²) in [4.78, 5) is 0. The molecule has 0 rings (SSSR count). The first-order chi connectivity index (χ1) is 6.49. The highest BCUT2D eigenvalue weighted by molar-refractivity contribution is 7.99. The number of nitrogens with one attached hydrogen (secondary N) is 1. The van der Waals surface area contributed by atoms with E-state index in [9.17, 15) is 0 Å². The van der Waals surface area contributed by atoms with Gasteiger partial charge in [0.2, 0.25) is 0 Å². The number of hydrogen-bond acceptors (Lipinski definition) is 3. The van der Waals surface area contributed by atoms with Crippen molar-refractivity contribution in [3.05, 3.63) is 0 Å². The summed E-state index contributed by atoms with van der Waals surface area (Å²) in [6.45, 7) is 9.05. The maximum atomic E-state index is 5.52. The standard InChI is InChI=1S/C11H26N2S/c1-5-8-14-9-10(13-12)6-7-11(2,3)4/h10,13H,5-9,12H2,1-4H3. The van der Waals surface area contributed by atoms with Gasteiger partial charge in [0.1, 0.15) is 0 Å². The van der Waals surface area contributed by atoms with E-state index in [1.807, 2.05) is 11.8 Å². The Morgan fingerprint density at radius 3 is 2.43 bits per heavy atom. The molecule has 1 atom stereocenters. The van der Waals surface area contributed by atoms with Crippen LogP contribution < -0.4 is 11.3 Å². The molecule has 1 unspecified atom stereocenters. The van der Waals surface area contributed by atoms with E-state index in [1.165, 1.54) is 25.0 Å². The summed E-state index contributed by atoms with van der Waals surface area (Å²) in [6.07, 6.45) is 3.66. The lowest BCUT2D eigenvalue weighted by Gasteiger charge is -2.22. The van der Waals surface area contributed by atoms with Crippen LogP contribution in [0.5, 0.6) is 0 Å². The van der Waals surface area contributed by atoms with Gasteiger partial charge in [0.15, 0.2) is 0 Å². The molecule has 0 aromatic rings. The van der Waals surface area contributed by atoms with E-state index in [4.69, 9.17) is 5.84 Å². The third-order valence-corrected chi connectivity index (χ3v) is 3.48. The summed E-state index contributed by atoms with van der Waals surface area (Å²) in [6, 6.07) is 0.478. The van der Waals surface area contributed by atoms with Crippen LogP contribution in [-0.4, -0.2) is 17.5 Å². The molecule has 86 valence electrons. The fourth-order valence-electron chi connectivity index (χ4n) is 1.19. The van der Waals surface area contributed by atoms with E-state index in [1.54, 1.807) is 0 Å². The first kappa shape index (κ1) is 14.3. The number of hydrogen-bond donors (Lipinski definition) is 2. The van der Waals surface area contributed by atoms with E-state index in [0.717, 1.165) is 5.75 Å². The Labute approximate surface area is 93.4 Å². The Morgan fingerprint density at radius 2 is 2.00 bits per heavy atom. The summed E-state index contributed by atoms with van der Waals surface area (Å²) < 4.78 is 0. The van der Waals surface area contributed by atoms with Crippen LogP contribution in [0.4, 0.5) is 0 Å². The van der Waals surface area contributed by atoms with Crippen molar-refractivity contribution in [3.63, 3.8) is 0 Å². The van der Waals surface area contributed by atoms with Crippen LogP contribution in [0.25, 0.3) is 0 Å². The zero-order valence-electron chi connectivity index (χ0n) is 10.1. The zero-order chi connectivity index (χ0) is 11.0. The Morgan fingerprint density at radius 1 is 1.36 bits per heavy atom. The monoisotopic (exact) mass is 218 g/mol. The van der Waals surface area contributed by atoms with Gasteiger partial charge in [-0.2, -0.15) is 11.8 Å². The van der Waals surface area contributed by atoms with Gasteiger partial charge < -0.3 is 0 Å². The topological polar surface area (TPSA) is 38.0 Å². The van der Waals surface area contributed by atoms with Crippen molar-refractivity contribution in [2.24, 2.45) is 11.3 Å². The molecule has 0 radical (unpaired) electrons. The molecule has 2 nitrogen and oxygen atoms in total. The molecule has 0 aliphatic carbocycles. The molecule has 3 heteroatoms. The minimum atomic E-state index is 0.421. The minimum absolute atomic E-state index is 0.421. The third kappa shape index (κ3) is 8.85. The average molecular weight is 218 g/mol. The van der Waals surface area contributed by atoms with Crippen molar-refractivity contribution in [2.75, 3.05) is 11.5 Å². The van der Waals surface area contributed by atoms with Gasteiger partial charge in [0.25, 0.3) is 0 Å². The predicted molar refractivity (Wildman–Crippen MR) is 67.4 cm³/mol. The first-order valence-electron chi connectivity index (χ1n) is 5.53. The molecule has 0 aliphatic rings. The van der Waals surface area contributed by atoms with Gasteiger partial charge in [-0.1, -0.05) is 27.7 Å². The molecule has 0 saturated carbocycles. The third-order valence-electron chi connectivity index (χ3n) is 2.15. The fourth-order valence-corrected chi connectivity index (χ4v) is 2.19. The second kappa shape index (κ2) is 7.55. The second-order valence-electron chi connectivity index (χ2n) is 5.04. The normalized spacial score (nSPS) is 14.4. The largest absolute Gasteiger partial charge is 0.271 e. The van der Waals surface area contributed by atoms with Gasteiger partial charge in [0, 0.05) is 11.8 Å². The summed E-state index contributed by atoms with van der Waals surface area (Å²) in [7, 11) is 0. The van der Waals surface area contributed by atoms with Crippen molar-refractivity contribution < 1.29 is 0 Å². The molecule has 0 aromatic carbocycles. The summed E-state index contributed by atoms with van der Waals surface area (Å²) in [5.41, 5.74) is 3.33. The van der Waals surface area contributed by atoms with Gasteiger partial charge >= 0.3 is 0 Å². The minimum Gasteiger partial charge on any atom is -0.271 e. The van der Waals surface area contributed by atoms with Crippen molar-refractivity contribution in [1.29, 1.82) is 0 Å². The smallest absolute Gasteiger partial charge is 0.0301 e. The van der Waals surface area contributed by atoms with Crippen molar-refractivity contribution in [2.45, 2.75) is 53.0 Å². The molecule has 0 fully saturated rings. The van der Waals surface area contributed by atoms with E-state index in [-0.39, 0.29) is 0 Å². The van der Waals surface area contributed by atoms with E-state index in [0.29, 0.717) is 11.5 Å². The van der Waals surface area contributed by atoms with Gasteiger partial charge in [-0.15, -0.1) is 0 Å². The lowest BCUT2D eigenvalue weighted by Crippen LogP contribution is -2.37. The molecule has 0 aromatic heterocycles. The summed E-state index contributed by atoms with van der Waals surface area (Å²) >= 11 is 1.99. The van der Waals surface area contributed by atoms with Crippen LogP contribution in [0.15, 0.2) is 0 Å². The molecule has 14 heavy (non-hydrogen) atoms. The highest BCUT2D eigenvalue weighted by atomic mass is 32.2. The molecule has 0 bridgehead atoms. The van der Waals surface area contributed by atoms with Gasteiger partial charge in [-0.3, -0.25) is 11.3 Å². The van der Waals surface area contributed by atoms with Crippen molar-refractivity contribution in [3.8, 4) is 0 Å². The maximum Gasteiger partial charge on any atom is 0.0301 e. The lowest BCUT2D eigenvalue weighted by atomic mass is 9.89. The Kier molecular flexibility index (Phi) is 7.69. The van der Waals surface area contributed by atoms with E-state index >= 15 is 0 Å². The first-order valence-corrected chi connectivity index (χ1v) is 6.69. The molecule has 0 saturated heterocycles. The summed E-state index contributed by atoms with van der Waals surface area (Å²) in [5.74, 6) is 7.90. The molecule has 3 N–H and O–H groups in total. The maximum absolute atomic E-state index is 5.52. The molecule has 0 aliphatic heterocycles. The van der Waals surface area contributed by atoms with Crippen LogP contribution in [0.1, 0.15) is 47.0 Å². The molecular formula is C11H26N2S. The highest BCUT2D eigenvalue weighted by Crippen LogP contribution is 2.22. The zero-order valence-corrected chi connectivity index (χ0v) is 10.9. The number of thioether (sulfide) groups is 1. The van der Waals surface area contributed by atoms with Gasteiger partial charge in [-0.05, 0) is 30.4 Å². The van der Waals surface area contributed by atoms with E-state index < -0.39 is 0 Å². The van der Waals surface area contributed by atoms with Crippen LogP contribution in [0.3, 0.4) is 0 Å². The van der Waals surface area contributed by atoms with Gasteiger partial charge in [-0.25, -0.2) is 0 Å². The number of rotatable bonds is 7. The van der Waals surface area contributed by atoms with Crippen LogP contribution in [0.2, 0.25) is 0 Å². The predicted octanol–water partition coefficient (Wildman–Crippen LogP) is 2.79. The average Bonchev–Trinajstić information content (AvgIpc) is 2.09. The van der Waals surface area contributed by atoms with Crippen molar-refractivity contribution >= 4 is 11.8 Å². The molecule has 0 spiro atoms. The van der Waals surface area contributed by atoms with Crippen LogP contribution in [0, 0.1) is 5.41 Å². The Bertz CT molecular complexity index is 132. The number of nitrogens with two attached hydrogens (primary N) is 1. The molecule has 0 heterocycles. The fraction of sp³-hybridized carbons (Fsp3) is 1.00. The van der Waals surface area contributed by atoms with Crippen LogP contribution >= 0.6 is 11.8 Å². The quantitative estimate of drug-likeness (QED) is 0.392. The Balaban J connectivity index is 3.58. The van der Waals surface area contributed by atoms with Gasteiger partial charge in [0.05, 0.1) is 0 Å². The SMILES string of the molecule is CCCSCC(CCC(C)(C)C)NN. The molecule has 0 amide bonds. The van der Waals surface area contributed by atoms with Crippen LogP contribution in [-0.2, 0) is 0 Å².